The van der Waals surface area contributed by atoms with Crippen LogP contribution in [0.3, 0.4) is 0 Å². The first-order chi connectivity index (χ1) is 21.5. The number of ether oxygens (including phenoxy) is 1. The second kappa shape index (κ2) is 12.8. The van der Waals surface area contributed by atoms with Gasteiger partial charge in [-0.2, -0.15) is 0 Å². The Bertz CT molecular complexity index is 1440. The molecule has 0 bridgehead atoms. The van der Waals surface area contributed by atoms with Crippen LogP contribution in [0.25, 0.3) is 0 Å². The van der Waals surface area contributed by atoms with Crippen molar-refractivity contribution >= 4 is 35.2 Å². The fourth-order valence-electron chi connectivity index (χ4n) is 6.86. The monoisotopic (exact) mass is 616 g/mol. The molecule has 1 unspecified atom stereocenters. The summed E-state index contributed by atoms with van der Waals surface area (Å²) in [6.45, 7) is 12.9. The Kier molecular flexibility index (Phi) is 8.83. The Morgan fingerprint density at radius 2 is 1.60 bits per heavy atom. The van der Waals surface area contributed by atoms with Crippen molar-refractivity contribution in [1.82, 2.24) is 20.0 Å². The molecule has 0 saturated carbocycles. The Labute approximate surface area is 264 Å². The van der Waals surface area contributed by atoms with Gasteiger partial charge in [-0.1, -0.05) is 12.1 Å². The van der Waals surface area contributed by atoms with Crippen molar-refractivity contribution in [2.24, 2.45) is 0 Å². The second-order valence-electron chi connectivity index (χ2n) is 13.6. The number of amides is 4. The van der Waals surface area contributed by atoms with Crippen molar-refractivity contribution in [3.8, 4) is 0 Å². The Balaban J connectivity index is 0.946. The molecule has 0 aromatic heterocycles. The standard InChI is InChI=1S/C34H44N6O5/c1-34(2,3)45-33(44)35-26-5-7-27(8-6-26)39-18-16-38(17-19-39)22-37-14-12-23(13-15-37)24-4-9-28-25(20-24)21-40(32(28)43)29-10-11-30(41)36-31(29)42/h4-9,20,23,29H,10-19,21-22H2,1-3H3,(H,35,44)(H,36,41,42). The minimum atomic E-state index is -0.579. The molecule has 2 aromatic rings. The summed E-state index contributed by atoms with van der Waals surface area (Å²) in [6, 6.07) is 13.5. The molecule has 240 valence electrons. The molecule has 1 atom stereocenters. The van der Waals surface area contributed by atoms with Gasteiger partial charge in [0.05, 0.1) is 6.67 Å². The molecule has 4 aliphatic rings. The molecule has 3 fully saturated rings. The number of anilines is 2. The van der Waals surface area contributed by atoms with Gasteiger partial charge in [-0.15, -0.1) is 0 Å². The van der Waals surface area contributed by atoms with E-state index in [1.54, 1.807) is 4.90 Å². The van der Waals surface area contributed by atoms with E-state index in [9.17, 15) is 19.2 Å². The van der Waals surface area contributed by atoms with Crippen LogP contribution in [0.2, 0.25) is 0 Å². The van der Waals surface area contributed by atoms with E-state index < -0.39 is 17.7 Å². The van der Waals surface area contributed by atoms with E-state index in [4.69, 9.17) is 4.74 Å². The van der Waals surface area contributed by atoms with Crippen molar-refractivity contribution in [2.45, 2.75) is 70.6 Å². The van der Waals surface area contributed by atoms with Gasteiger partial charge in [-0.3, -0.25) is 34.8 Å². The number of carbonyl (C=O) groups excluding carboxylic acids is 4. The van der Waals surface area contributed by atoms with Crippen LogP contribution >= 0.6 is 0 Å². The molecule has 0 spiro atoms. The van der Waals surface area contributed by atoms with Crippen LogP contribution in [0.4, 0.5) is 16.2 Å². The third-order valence-corrected chi connectivity index (χ3v) is 9.26. The lowest BCUT2D eigenvalue weighted by Gasteiger charge is -2.40. The molecule has 3 saturated heterocycles. The number of hydrogen-bond acceptors (Lipinski definition) is 8. The lowest BCUT2D eigenvalue weighted by Crippen LogP contribution is -2.52. The molecule has 0 aliphatic carbocycles. The zero-order valence-electron chi connectivity index (χ0n) is 26.5. The first-order valence-corrected chi connectivity index (χ1v) is 16.1. The maximum absolute atomic E-state index is 13.1. The summed E-state index contributed by atoms with van der Waals surface area (Å²) >= 11 is 0. The number of carbonyl (C=O) groups is 4. The van der Waals surface area contributed by atoms with Gasteiger partial charge in [0.15, 0.2) is 0 Å². The predicted molar refractivity (Wildman–Crippen MR) is 171 cm³/mol. The number of likely N-dealkylation sites (tertiary alicyclic amines) is 1. The number of nitrogens with one attached hydrogen (secondary N) is 2. The molecular formula is C34H44N6O5. The van der Waals surface area contributed by atoms with E-state index in [-0.39, 0.29) is 24.1 Å². The Morgan fingerprint density at radius 3 is 2.27 bits per heavy atom. The smallest absolute Gasteiger partial charge is 0.412 e. The van der Waals surface area contributed by atoms with Gasteiger partial charge < -0.3 is 14.5 Å². The number of hydrogen-bond donors (Lipinski definition) is 2. The summed E-state index contributed by atoms with van der Waals surface area (Å²) < 4.78 is 5.34. The SMILES string of the molecule is CC(C)(C)OC(=O)Nc1ccc(N2CCN(CN3CCC(c4ccc5c(c4)CN(C4CCC(=O)NC4=O)C5=O)CC3)CC2)cc1. The van der Waals surface area contributed by atoms with Crippen molar-refractivity contribution in [3.05, 3.63) is 59.2 Å². The van der Waals surface area contributed by atoms with Crippen molar-refractivity contribution in [2.75, 3.05) is 56.2 Å². The van der Waals surface area contributed by atoms with E-state index in [2.05, 4.69) is 49.6 Å². The van der Waals surface area contributed by atoms with Gasteiger partial charge in [-0.05, 0) is 100 Å². The number of piperidine rings is 2. The molecule has 6 rings (SSSR count). The molecule has 4 heterocycles. The highest BCUT2D eigenvalue weighted by Crippen LogP contribution is 2.34. The van der Waals surface area contributed by atoms with Gasteiger partial charge in [0.2, 0.25) is 11.8 Å². The predicted octanol–water partition coefficient (Wildman–Crippen LogP) is 3.75. The normalized spacial score (nSPS) is 21.9. The van der Waals surface area contributed by atoms with Crippen molar-refractivity contribution in [3.63, 3.8) is 0 Å². The minimum Gasteiger partial charge on any atom is -0.444 e. The summed E-state index contributed by atoms with van der Waals surface area (Å²) in [4.78, 5) is 58.1. The summed E-state index contributed by atoms with van der Waals surface area (Å²) in [7, 11) is 0. The summed E-state index contributed by atoms with van der Waals surface area (Å²) in [5.41, 5.74) is 4.27. The molecule has 45 heavy (non-hydrogen) atoms. The van der Waals surface area contributed by atoms with Crippen LogP contribution < -0.4 is 15.5 Å². The molecule has 11 heteroatoms. The first-order valence-electron chi connectivity index (χ1n) is 16.1. The Morgan fingerprint density at radius 1 is 0.911 bits per heavy atom. The average Bonchev–Trinajstić information content (AvgIpc) is 3.32. The third-order valence-electron chi connectivity index (χ3n) is 9.26. The van der Waals surface area contributed by atoms with Crippen molar-refractivity contribution < 1.29 is 23.9 Å². The highest BCUT2D eigenvalue weighted by atomic mass is 16.6. The minimum absolute atomic E-state index is 0.117. The zero-order valence-corrected chi connectivity index (χ0v) is 26.5. The number of benzene rings is 2. The second-order valence-corrected chi connectivity index (χ2v) is 13.6. The average molecular weight is 617 g/mol. The van der Waals surface area contributed by atoms with Crippen LogP contribution in [0.1, 0.15) is 73.9 Å². The number of rotatable bonds is 6. The molecule has 0 radical (unpaired) electrons. The number of piperazine rings is 1. The largest absolute Gasteiger partial charge is 0.444 e. The molecule has 11 nitrogen and oxygen atoms in total. The Hall–Kier alpha value is -3.96. The number of fused-ring (bicyclic) bond motifs is 1. The van der Waals surface area contributed by atoms with Crippen LogP contribution in [0, 0.1) is 0 Å². The lowest BCUT2D eigenvalue weighted by molar-refractivity contribution is -0.136. The van der Waals surface area contributed by atoms with Gasteiger partial charge in [-0.25, -0.2) is 4.79 Å². The molecule has 4 amide bonds. The molecular weight excluding hydrogens is 572 g/mol. The third kappa shape index (κ3) is 7.31. The molecule has 2 aromatic carbocycles. The van der Waals surface area contributed by atoms with Gasteiger partial charge in [0.25, 0.3) is 5.91 Å². The maximum atomic E-state index is 13.1. The van der Waals surface area contributed by atoms with Gasteiger partial charge in [0, 0.05) is 56.1 Å². The fourth-order valence-corrected chi connectivity index (χ4v) is 6.86. The lowest BCUT2D eigenvalue weighted by atomic mass is 9.88. The van der Waals surface area contributed by atoms with E-state index in [1.807, 2.05) is 39.0 Å². The highest BCUT2D eigenvalue weighted by molar-refractivity contribution is 6.05. The number of nitrogens with zero attached hydrogens (tertiary/aromatic N) is 4. The zero-order chi connectivity index (χ0) is 31.7. The highest BCUT2D eigenvalue weighted by Gasteiger charge is 2.39. The molecule has 4 aliphatic heterocycles. The summed E-state index contributed by atoms with van der Waals surface area (Å²) in [5.74, 6) is -0.303. The van der Waals surface area contributed by atoms with Crippen LogP contribution in [-0.4, -0.2) is 96.1 Å². The maximum Gasteiger partial charge on any atom is 0.412 e. The van der Waals surface area contributed by atoms with E-state index in [1.165, 1.54) is 5.56 Å². The summed E-state index contributed by atoms with van der Waals surface area (Å²) in [5, 5.41) is 5.17. The van der Waals surface area contributed by atoms with Gasteiger partial charge in [0.1, 0.15) is 11.6 Å². The first kappa shape index (κ1) is 31.0. The van der Waals surface area contributed by atoms with Crippen LogP contribution in [-0.2, 0) is 20.9 Å². The fraction of sp³-hybridized carbons (Fsp3) is 0.529. The summed E-state index contributed by atoms with van der Waals surface area (Å²) in [6.07, 6.45) is 2.35. The molecule has 2 N–H and O–H groups in total. The van der Waals surface area contributed by atoms with Crippen LogP contribution in [0.15, 0.2) is 42.5 Å². The number of imide groups is 1. The van der Waals surface area contributed by atoms with E-state index in [0.29, 0.717) is 24.4 Å². The van der Waals surface area contributed by atoms with Crippen LogP contribution in [0.5, 0.6) is 0 Å². The van der Waals surface area contributed by atoms with Gasteiger partial charge >= 0.3 is 6.09 Å². The van der Waals surface area contributed by atoms with E-state index in [0.717, 1.165) is 75.7 Å². The quantitative estimate of drug-likeness (QED) is 0.472. The van der Waals surface area contributed by atoms with Crippen molar-refractivity contribution in [1.29, 1.82) is 0 Å². The topological polar surface area (TPSA) is 115 Å². The van der Waals surface area contributed by atoms with E-state index >= 15 is 0 Å².